The average molecular weight is 459 g/mol. The van der Waals surface area contributed by atoms with Crippen molar-refractivity contribution in [1.29, 1.82) is 0 Å². The quantitative estimate of drug-likeness (QED) is 0.354. The van der Waals surface area contributed by atoms with Crippen molar-refractivity contribution >= 4 is 38.4 Å². The van der Waals surface area contributed by atoms with Gasteiger partial charge in [-0.05, 0) is 80.8 Å². The van der Waals surface area contributed by atoms with E-state index in [-0.39, 0.29) is 5.91 Å². The molecule has 0 aliphatic carbocycles. The van der Waals surface area contributed by atoms with E-state index in [9.17, 15) is 4.79 Å². The van der Waals surface area contributed by atoms with E-state index in [1.807, 2.05) is 76.2 Å². The summed E-state index contributed by atoms with van der Waals surface area (Å²) in [4.78, 5) is 18.3. The lowest BCUT2D eigenvalue weighted by Gasteiger charge is -2.14. The van der Waals surface area contributed by atoms with Crippen LogP contribution in [0.5, 0.6) is 0 Å². The zero-order valence-corrected chi connectivity index (χ0v) is 19.1. The average Bonchev–Trinajstić information content (AvgIpc) is 2.67. The van der Waals surface area contributed by atoms with Gasteiger partial charge in [0.1, 0.15) is 0 Å². The van der Waals surface area contributed by atoms with Crippen LogP contribution in [0.2, 0.25) is 0 Å². The third-order valence-electron chi connectivity index (χ3n) is 5.11. The molecule has 0 aliphatic heterocycles. The number of hydrogen-bond acceptors (Lipinski definition) is 2. The van der Waals surface area contributed by atoms with Crippen LogP contribution in [-0.4, -0.2) is 10.9 Å². The van der Waals surface area contributed by atoms with Gasteiger partial charge in [-0.1, -0.05) is 45.8 Å². The number of aromatic nitrogens is 1. The monoisotopic (exact) mass is 458 g/mol. The first-order chi connectivity index (χ1) is 14.3. The maximum atomic E-state index is 13.4. The van der Waals surface area contributed by atoms with Crippen molar-refractivity contribution in [3.8, 4) is 11.3 Å². The van der Waals surface area contributed by atoms with E-state index < -0.39 is 0 Å². The number of amides is 1. The lowest BCUT2D eigenvalue weighted by molar-refractivity contribution is 0.102. The van der Waals surface area contributed by atoms with Gasteiger partial charge in [0.15, 0.2) is 0 Å². The second-order valence-corrected chi connectivity index (χ2v) is 8.79. The Morgan fingerprint density at radius 3 is 2.13 bits per heavy atom. The molecule has 0 saturated carbocycles. The van der Waals surface area contributed by atoms with Crippen molar-refractivity contribution in [2.75, 3.05) is 5.32 Å². The molecule has 4 rings (SSSR count). The summed E-state index contributed by atoms with van der Waals surface area (Å²) in [6, 6.07) is 20.1. The number of rotatable bonds is 3. The normalized spacial score (nSPS) is 11.0. The molecule has 4 aromatic rings. The standard InChI is InChI=1S/C26H23BrN2O/c1-15-9-16(2)12-21(11-15)28-26(30)23-14-24(19-5-7-20(27)8-6-19)29-25-18(4)10-17(3)13-22(23)25/h5-14H,1-4H3,(H,28,30). The second kappa shape index (κ2) is 8.04. The number of aryl methyl sites for hydroxylation is 4. The number of anilines is 1. The second-order valence-electron chi connectivity index (χ2n) is 7.87. The highest BCUT2D eigenvalue weighted by atomic mass is 79.9. The van der Waals surface area contributed by atoms with Gasteiger partial charge in [0.05, 0.1) is 16.8 Å². The highest BCUT2D eigenvalue weighted by Gasteiger charge is 2.16. The van der Waals surface area contributed by atoms with Crippen LogP contribution in [0, 0.1) is 27.7 Å². The Kier molecular flexibility index (Phi) is 5.44. The molecule has 0 fully saturated rings. The van der Waals surface area contributed by atoms with Crippen LogP contribution in [0.15, 0.2) is 65.1 Å². The highest BCUT2D eigenvalue weighted by Crippen LogP contribution is 2.29. The van der Waals surface area contributed by atoms with Crippen LogP contribution in [0.25, 0.3) is 22.2 Å². The molecular formula is C26H23BrN2O. The number of fused-ring (bicyclic) bond motifs is 1. The van der Waals surface area contributed by atoms with E-state index in [0.717, 1.165) is 54.6 Å². The van der Waals surface area contributed by atoms with E-state index in [1.54, 1.807) is 0 Å². The number of carbonyl (C=O) groups is 1. The first-order valence-corrected chi connectivity index (χ1v) is 10.7. The van der Waals surface area contributed by atoms with Gasteiger partial charge in [-0.25, -0.2) is 4.98 Å². The fourth-order valence-electron chi connectivity index (χ4n) is 3.88. The topological polar surface area (TPSA) is 42.0 Å². The molecule has 0 radical (unpaired) electrons. The van der Waals surface area contributed by atoms with Crippen molar-refractivity contribution < 1.29 is 4.79 Å². The first-order valence-electron chi connectivity index (χ1n) is 9.88. The summed E-state index contributed by atoms with van der Waals surface area (Å²) in [5.41, 5.74) is 8.45. The molecule has 1 N–H and O–H groups in total. The highest BCUT2D eigenvalue weighted by molar-refractivity contribution is 9.10. The van der Waals surface area contributed by atoms with E-state index in [1.165, 1.54) is 0 Å². The number of hydrogen-bond donors (Lipinski definition) is 1. The Morgan fingerprint density at radius 2 is 1.47 bits per heavy atom. The lowest BCUT2D eigenvalue weighted by atomic mass is 9.99. The molecule has 1 heterocycles. The minimum atomic E-state index is -0.129. The summed E-state index contributed by atoms with van der Waals surface area (Å²) in [5.74, 6) is -0.129. The fraction of sp³-hybridized carbons (Fsp3) is 0.154. The number of nitrogens with one attached hydrogen (secondary N) is 1. The van der Waals surface area contributed by atoms with Gasteiger partial charge in [-0.15, -0.1) is 0 Å². The molecule has 0 saturated heterocycles. The zero-order chi connectivity index (χ0) is 21.4. The minimum Gasteiger partial charge on any atom is -0.322 e. The van der Waals surface area contributed by atoms with Crippen molar-refractivity contribution in [2.24, 2.45) is 0 Å². The van der Waals surface area contributed by atoms with Gasteiger partial charge in [0, 0.05) is 21.1 Å². The molecule has 0 aliphatic rings. The lowest BCUT2D eigenvalue weighted by Crippen LogP contribution is -2.13. The molecule has 1 aromatic heterocycles. The predicted molar refractivity (Wildman–Crippen MR) is 128 cm³/mol. The smallest absolute Gasteiger partial charge is 0.256 e. The van der Waals surface area contributed by atoms with E-state index in [0.29, 0.717) is 5.56 Å². The molecule has 0 spiro atoms. The van der Waals surface area contributed by atoms with Crippen molar-refractivity contribution in [2.45, 2.75) is 27.7 Å². The van der Waals surface area contributed by atoms with Gasteiger partial charge in [-0.3, -0.25) is 4.79 Å². The summed E-state index contributed by atoms with van der Waals surface area (Å²) >= 11 is 3.48. The molecule has 3 nitrogen and oxygen atoms in total. The molecule has 0 bridgehead atoms. The largest absolute Gasteiger partial charge is 0.322 e. The fourth-order valence-corrected chi connectivity index (χ4v) is 4.15. The molecule has 3 aromatic carbocycles. The number of halogens is 1. The number of benzene rings is 3. The van der Waals surface area contributed by atoms with Gasteiger partial charge in [0.25, 0.3) is 5.91 Å². The molecular weight excluding hydrogens is 436 g/mol. The van der Waals surface area contributed by atoms with E-state index in [4.69, 9.17) is 4.98 Å². The zero-order valence-electron chi connectivity index (χ0n) is 17.5. The van der Waals surface area contributed by atoms with Gasteiger partial charge in [-0.2, -0.15) is 0 Å². The maximum absolute atomic E-state index is 13.4. The van der Waals surface area contributed by atoms with E-state index >= 15 is 0 Å². The summed E-state index contributed by atoms with van der Waals surface area (Å²) in [7, 11) is 0. The maximum Gasteiger partial charge on any atom is 0.256 e. The Labute approximate surface area is 185 Å². The van der Waals surface area contributed by atoms with Crippen molar-refractivity contribution in [3.63, 3.8) is 0 Å². The van der Waals surface area contributed by atoms with Crippen LogP contribution < -0.4 is 5.32 Å². The number of nitrogens with zero attached hydrogens (tertiary/aromatic N) is 1. The van der Waals surface area contributed by atoms with Gasteiger partial charge < -0.3 is 5.32 Å². The number of carbonyl (C=O) groups excluding carboxylic acids is 1. The summed E-state index contributed by atoms with van der Waals surface area (Å²) in [6.07, 6.45) is 0. The van der Waals surface area contributed by atoms with Crippen LogP contribution in [0.4, 0.5) is 5.69 Å². The van der Waals surface area contributed by atoms with E-state index in [2.05, 4.69) is 33.4 Å². The Balaban J connectivity index is 1.87. The summed E-state index contributed by atoms with van der Waals surface area (Å²) in [6.45, 7) is 8.14. The molecule has 150 valence electrons. The number of pyridine rings is 1. The van der Waals surface area contributed by atoms with Crippen LogP contribution in [0.1, 0.15) is 32.6 Å². The molecule has 4 heteroatoms. The minimum absolute atomic E-state index is 0.129. The third-order valence-corrected chi connectivity index (χ3v) is 5.64. The first kappa shape index (κ1) is 20.3. The Bertz CT molecular complexity index is 1260. The SMILES string of the molecule is Cc1cc(C)cc(NC(=O)c2cc(-c3ccc(Br)cc3)nc3c(C)cc(C)cc23)c1. The van der Waals surface area contributed by atoms with Gasteiger partial charge >= 0.3 is 0 Å². The molecule has 1 amide bonds. The van der Waals surface area contributed by atoms with Crippen molar-refractivity contribution in [3.05, 3.63) is 93.0 Å². The molecule has 0 unspecified atom stereocenters. The molecule has 0 atom stereocenters. The van der Waals surface area contributed by atoms with Crippen LogP contribution >= 0.6 is 15.9 Å². The third kappa shape index (κ3) is 4.14. The van der Waals surface area contributed by atoms with Crippen molar-refractivity contribution in [1.82, 2.24) is 4.98 Å². The molecule has 30 heavy (non-hydrogen) atoms. The summed E-state index contributed by atoms with van der Waals surface area (Å²) < 4.78 is 1.01. The van der Waals surface area contributed by atoms with Crippen LogP contribution in [0.3, 0.4) is 0 Å². The summed E-state index contributed by atoms with van der Waals surface area (Å²) in [5, 5.41) is 3.96. The van der Waals surface area contributed by atoms with Gasteiger partial charge in [0.2, 0.25) is 0 Å². The Morgan fingerprint density at radius 1 is 0.833 bits per heavy atom. The predicted octanol–water partition coefficient (Wildman–Crippen LogP) is 7.15. The Hall–Kier alpha value is -2.98. The van der Waals surface area contributed by atoms with Crippen LogP contribution in [-0.2, 0) is 0 Å².